The highest BCUT2D eigenvalue weighted by molar-refractivity contribution is 7.14. The number of aromatic nitrogens is 3. The summed E-state index contributed by atoms with van der Waals surface area (Å²) in [5, 5.41) is 19.5. The highest BCUT2D eigenvalue weighted by Crippen LogP contribution is 2.25. The monoisotopic (exact) mass is 527 g/mol. The second-order valence-electron chi connectivity index (χ2n) is 7.39. The first kappa shape index (κ1) is 25.6. The molecule has 0 fully saturated rings. The number of anilines is 2. The number of aliphatic hydroxyl groups is 1. The molecule has 3 rings (SSSR count). The van der Waals surface area contributed by atoms with Crippen LogP contribution in [0.2, 0.25) is 0 Å². The summed E-state index contributed by atoms with van der Waals surface area (Å²) in [5.41, 5.74) is -0.422. The van der Waals surface area contributed by atoms with E-state index in [4.69, 9.17) is 14.2 Å². The van der Waals surface area contributed by atoms with E-state index in [1.54, 1.807) is 27.7 Å². The van der Waals surface area contributed by atoms with Crippen LogP contribution in [0, 0.1) is 0 Å². The Kier molecular flexibility index (Phi) is 8.27. The zero-order valence-electron chi connectivity index (χ0n) is 18.5. The maximum atomic E-state index is 12.4. The molecule has 1 atom stereocenters. The SMILES string of the molecule is CCOC(O)c1csc(OC(=O)c2csc(NC(=O)c3csc(NC(=O)OC(C)(C)C)n3)n2)n1. The van der Waals surface area contributed by atoms with Crippen LogP contribution in [-0.2, 0) is 9.47 Å². The van der Waals surface area contributed by atoms with E-state index in [1.165, 1.54) is 16.1 Å². The highest BCUT2D eigenvalue weighted by Gasteiger charge is 2.21. The summed E-state index contributed by atoms with van der Waals surface area (Å²) in [5.74, 6) is -1.35. The third-order valence-corrected chi connectivity index (χ3v) is 5.79. The molecule has 0 radical (unpaired) electrons. The number of carbonyl (C=O) groups excluding carboxylic acids is 3. The average molecular weight is 528 g/mol. The van der Waals surface area contributed by atoms with Gasteiger partial charge in [-0.3, -0.25) is 15.4 Å². The van der Waals surface area contributed by atoms with E-state index in [0.717, 1.165) is 34.0 Å². The number of aliphatic hydroxyl groups excluding tert-OH is 1. The van der Waals surface area contributed by atoms with Crippen molar-refractivity contribution >= 4 is 62.2 Å². The molecule has 3 heterocycles. The van der Waals surface area contributed by atoms with E-state index in [2.05, 4.69) is 25.6 Å². The quantitative estimate of drug-likeness (QED) is 0.289. The predicted molar refractivity (Wildman–Crippen MR) is 126 cm³/mol. The Morgan fingerprint density at radius 3 is 2.32 bits per heavy atom. The first-order chi connectivity index (χ1) is 16.0. The molecule has 0 spiro atoms. The van der Waals surface area contributed by atoms with Crippen LogP contribution in [0.3, 0.4) is 0 Å². The third-order valence-electron chi connectivity index (χ3n) is 3.54. The molecular weight excluding hydrogens is 506 g/mol. The van der Waals surface area contributed by atoms with Crippen molar-refractivity contribution in [2.45, 2.75) is 39.6 Å². The summed E-state index contributed by atoms with van der Waals surface area (Å²) in [6.45, 7) is 7.21. The minimum absolute atomic E-state index is 0.0184. The molecule has 0 saturated heterocycles. The van der Waals surface area contributed by atoms with Crippen molar-refractivity contribution in [2.24, 2.45) is 0 Å². The largest absolute Gasteiger partial charge is 0.444 e. The van der Waals surface area contributed by atoms with E-state index in [-0.39, 0.29) is 32.5 Å². The summed E-state index contributed by atoms with van der Waals surface area (Å²) >= 11 is 3.09. The van der Waals surface area contributed by atoms with Crippen molar-refractivity contribution in [2.75, 3.05) is 17.2 Å². The number of ether oxygens (including phenoxy) is 3. The fourth-order valence-electron chi connectivity index (χ4n) is 2.22. The maximum absolute atomic E-state index is 12.4. The molecule has 0 bridgehead atoms. The van der Waals surface area contributed by atoms with Crippen LogP contribution in [0.5, 0.6) is 5.19 Å². The second kappa shape index (κ2) is 11.0. The van der Waals surface area contributed by atoms with Crippen LogP contribution in [0.25, 0.3) is 0 Å². The molecule has 3 N–H and O–H groups in total. The Bertz CT molecular complexity index is 1170. The molecule has 0 aliphatic carbocycles. The van der Waals surface area contributed by atoms with Gasteiger partial charge in [0.25, 0.3) is 11.1 Å². The molecule has 2 amide bonds. The van der Waals surface area contributed by atoms with Crippen molar-refractivity contribution in [1.82, 2.24) is 15.0 Å². The number of esters is 1. The van der Waals surface area contributed by atoms with Crippen molar-refractivity contribution in [3.8, 4) is 5.19 Å². The molecule has 3 aromatic rings. The lowest BCUT2D eigenvalue weighted by Crippen LogP contribution is -2.27. The van der Waals surface area contributed by atoms with Crippen molar-refractivity contribution in [3.63, 3.8) is 0 Å². The Balaban J connectivity index is 1.55. The normalized spacial score (nSPS) is 12.1. The summed E-state index contributed by atoms with van der Waals surface area (Å²) in [4.78, 5) is 48.6. The number of carbonyl (C=O) groups is 3. The second-order valence-corrected chi connectivity index (χ2v) is 9.93. The van der Waals surface area contributed by atoms with Gasteiger partial charge in [0, 0.05) is 22.7 Å². The Labute approximate surface area is 205 Å². The minimum atomic E-state index is -1.21. The summed E-state index contributed by atoms with van der Waals surface area (Å²) < 4.78 is 15.3. The molecule has 3 aromatic heterocycles. The number of rotatable bonds is 8. The predicted octanol–water partition coefficient (Wildman–Crippen LogP) is 3.90. The lowest BCUT2D eigenvalue weighted by atomic mass is 10.2. The fourth-order valence-corrected chi connectivity index (χ4v) is 4.24. The zero-order valence-corrected chi connectivity index (χ0v) is 20.9. The van der Waals surface area contributed by atoms with Gasteiger partial charge in [0.1, 0.15) is 17.0 Å². The van der Waals surface area contributed by atoms with Gasteiger partial charge < -0.3 is 19.3 Å². The summed E-state index contributed by atoms with van der Waals surface area (Å²) in [7, 11) is 0. The zero-order chi connectivity index (χ0) is 24.9. The molecule has 12 nitrogen and oxygen atoms in total. The van der Waals surface area contributed by atoms with E-state index in [1.807, 2.05) is 0 Å². The van der Waals surface area contributed by atoms with Gasteiger partial charge in [0.2, 0.25) is 0 Å². The molecule has 0 aromatic carbocycles. The van der Waals surface area contributed by atoms with E-state index >= 15 is 0 Å². The smallest absolute Gasteiger partial charge is 0.413 e. The Morgan fingerprint density at radius 1 is 1.00 bits per heavy atom. The summed E-state index contributed by atoms with van der Waals surface area (Å²) in [6, 6.07) is 0. The molecule has 0 aliphatic heterocycles. The van der Waals surface area contributed by atoms with Gasteiger partial charge >= 0.3 is 12.1 Å². The van der Waals surface area contributed by atoms with Crippen LogP contribution in [-0.4, -0.2) is 50.2 Å². The van der Waals surface area contributed by atoms with Gasteiger partial charge in [-0.05, 0) is 27.7 Å². The highest BCUT2D eigenvalue weighted by atomic mass is 32.1. The Morgan fingerprint density at radius 2 is 1.65 bits per heavy atom. The third kappa shape index (κ3) is 7.26. The van der Waals surface area contributed by atoms with Gasteiger partial charge in [0.15, 0.2) is 22.2 Å². The van der Waals surface area contributed by atoms with E-state index in [9.17, 15) is 19.5 Å². The van der Waals surface area contributed by atoms with Gasteiger partial charge in [0.05, 0.1) is 0 Å². The summed E-state index contributed by atoms with van der Waals surface area (Å²) in [6.07, 6.45) is -1.89. The van der Waals surface area contributed by atoms with Gasteiger partial charge in [-0.2, -0.15) is 0 Å². The first-order valence-electron chi connectivity index (χ1n) is 9.73. The first-order valence-corrected chi connectivity index (χ1v) is 12.4. The van der Waals surface area contributed by atoms with Crippen LogP contribution < -0.4 is 15.4 Å². The standard InChI is InChI=1S/C19H21N5O7S3/c1-5-29-13(26)10-8-34-18(22-10)30-14(27)11-7-33-15(21-11)23-12(25)9-6-32-16(20-9)24-17(28)31-19(2,3)4/h6-8,13,26H,5H2,1-4H3,(H,20,24,28)(H,21,23,25). The molecular formula is C19H21N5O7S3. The van der Waals surface area contributed by atoms with Crippen LogP contribution >= 0.6 is 34.0 Å². The van der Waals surface area contributed by atoms with Gasteiger partial charge in [-0.15, -0.1) is 22.7 Å². The molecule has 182 valence electrons. The minimum Gasteiger partial charge on any atom is -0.444 e. The van der Waals surface area contributed by atoms with Crippen LogP contribution in [0.15, 0.2) is 16.1 Å². The van der Waals surface area contributed by atoms with E-state index < -0.39 is 29.9 Å². The Hall–Kier alpha value is -2.98. The lowest BCUT2D eigenvalue weighted by molar-refractivity contribution is -0.100. The number of amides is 2. The van der Waals surface area contributed by atoms with Crippen molar-refractivity contribution in [1.29, 1.82) is 0 Å². The molecule has 15 heteroatoms. The molecule has 0 aliphatic rings. The van der Waals surface area contributed by atoms with Crippen molar-refractivity contribution < 1.29 is 33.7 Å². The number of hydrogen-bond acceptors (Lipinski definition) is 13. The van der Waals surface area contributed by atoms with Crippen LogP contribution in [0.4, 0.5) is 15.1 Å². The fraction of sp³-hybridized carbons (Fsp3) is 0.368. The maximum Gasteiger partial charge on any atom is 0.413 e. The molecule has 1 unspecified atom stereocenters. The lowest BCUT2D eigenvalue weighted by Gasteiger charge is -2.18. The van der Waals surface area contributed by atoms with Gasteiger partial charge in [-0.25, -0.2) is 24.5 Å². The topological polar surface area (TPSA) is 162 Å². The average Bonchev–Trinajstić information content (AvgIpc) is 3.47. The number of nitrogens with zero attached hydrogens (tertiary/aromatic N) is 3. The molecule has 0 saturated carbocycles. The van der Waals surface area contributed by atoms with E-state index in [0.29, 0.717) is 6.61 Å². The van der Waals surface area contributed by atoms with Crippen molar-refractivity contribution in [3.05, 3.63) is 33.2 Å². The number of nitrogens with one attached hydrogen (secondary N) is 2. The molecule has 34 heavy (non-hydrogen) atoms. The van der Waals surface area contributed by atoms with Gasteiger partial charge in [-0.1, -0.05) is 11.3 Å². The number of thiazole rings is 3. The number of hydrogen-bond donors (Lipinski definition) is 3. The van der Waals surface area contributed by atoms with Crippen LogP contribution in [0.1, 0.15) is 60.7 Å².